The van der Waals surface area contributed by atoms with Gasteiger partial charge in [0.15, 0.2) is 5.76 Å². The van der Waals surface area contributed by atoms with Gasteiger partial charge in [-0.2, -0.15) is 5.10 Å². The summed E-state index contributed by atoms with van der Waals surface area (Å²) in [6.45, 7) is 2.16. The number of rotatable bonds is 4. The van der Waals surface area contributed by atoms with Crippen LogP contribution in [0.2, 0.25) is 0 Å². The van der Waals surface area contributed by atoms with Crippen molar-refractivity contribution in [1.29, 1.82) is 0 Å². The largest absolute Gasteiger partial charge is 0.461 e. The van der Waals surface area contributed by atoms with E-state index in [1.807, 2.05) is 12.1 Å². The van der Waals surface area contributed by atoms with Gasteiger partial charge in [0, 0.05) is 6.42 Å². The molecule has 0 fully saturated rings. The minimum atomic E-state index is 0.640. The molecule has 0 spiro atoms. The first-order valence-corrected chi connectivity index (χ1v) is 4.85. The smallest absolute Gasteiger partial charge is 0.216 e. The maximum Gasteiger partial charge on any atom is 0.216 e. The molecule has 0 aromatic carbocycles. The van der Waals surface area contributed by atoms with E-state index in [4.69, 9.17) is 4.42 Å². The highest BCUT2D eigenvalue weighted by molar-refractivity contribution is 5.45. The molecule has 4 nitrogen and oxygen atoms in total. The second kappa shape index (κ2) is 4.09. The molecule has 0 unspecified atom stereocenters. The van der Waals surface area contributed by atoms with Crippen molar-refractivity contribution in [1.82, 2.24) is 15.2 Å². The molecule has 0 saturated carbocycles. The van der Waals surface area contributed by atoms with Crippen molar-refractivity contribution in [2.24, 2.45) is 0 Å². The average Bonchev–Trinajstić information content (AvgIpc) is 2.85. The number of aromatic nitrogens is 3. The van der Waals surface area contributed by atoms with Gasteiger partial charge >= 0.3 is 0 Å². The van der Waals surface area contributed by atoms with Crippen molar-refractivity contribution >= 4 is 0 Å². The molecule has 0 amide bonds. The van der Waals surface area contributed by atoms with Crippen molar-refractivity contribution in [2.75, 3.05) is 0 Å². The zero-order valence-electron chi connectivity index (χ0n) is 8.16. The normalized spacial score (nSPS) is 10.6. The minimum Gasteiger partial charge on any atom is -0.461 e. The van der Waals surface area contributed by atoms with Crippen LogP contribution < -0.4 is 0 Å². The summed E-state index contributed by atoms with van der Waals surface area (Å²) in [6.07, 6.45) is 4.87. The Hall–Kier alpha value is -1.58. The Morgan fingerprint density at radius 1 is 1.50 bits per heavy atom. The molecule has 0 radical (unpaired) electrons. The summed E-state index contributed by atoms with van der Waals surface area (Å²) >= 11 is 0. The molecule has 2 heterocycles. The van der Waals surface area contributed by atoms with Crippen molar-refractivity contribution < 1.29 is 4.42 Å². The molecule has 2 aromatic rings. The van der Waals surface area contributed by atoms with Gasteiger partial charge in [-0.1, -0.05) is 13.3 Å². The molecular formula is C10H13N3O. The van der Waals surface area contributed by atoms with Crippen molar-refractivity contribution in [3.63, 3.8) is 0 Å². The van der Waals surface area contributed by atoms with E-state index < -0.39 is 0 Å². The molecule has 0 aliphatic heterocycles. The minimum absolute atomic E-state index is 0.640. The van der Waals surface area contributed by atoms with Crippen molar-refractivity contribution in [2.45, 2.75) is 26.2 Å². The quantitative estimate of drug-likeness (QED) is 0.807. The molecule has 0 atom stereocenters. The van der Waals surface area contributed by atoms with E-state index in [9.17, 15) is 0 Å². The monoisotopic (exact) mass is 191 g/mol. The Morgan fingerprint density at radius 2 is 2.43 bits per heavy atom. The third-order valence-electron chi connectivity index (χ3n) is 2.04. The number of hydrogen-bond donors (Lipinski definition) is 1. The van der Waals surface area contributed by atoms with Crippen LogP contribution in [-0.2, 0) is 6.42 Å². The summed E-state index contributed by atoms with van der Waals surface area (Å²) in [5.41, 5.74) is 0. The van der Waals surface area contributed by atoms with E-state index in [1.54, 1.807) is 6.26 Å². The Bertz CT molecular complexity index is 378. The predicted molar refractivity (Wildman–Crippen MR) is 52.7 cm³/mol. The number of nitrogens with zero attached hydrogens (tertiary/aromatic N) is 2. The van der Waals surface area contributed by atoms with Crippen LogP contribution in [0.25, 0.3) is 11.6 Å². The highest BCUT2D eigenvalue weighted by Gasteiger charge is 2.06. The Labute approximate surface area is 82.4 Å². The van der Waals surface area contributed by atoms with E-state index >= 15 is 0 Å². The van der Waals surface area contributed by atoms with E-state index in [-0.39, 0.29) is 0 Å². The van der Waals surface area contributed by atoms with E-state index in [1.165, 1.54) is 0 Å². The third kappa shape index (κ3) is 1.84. The second-order valence-electron chi connectivity index (χ2n) is 3.19. The lowest BCUT2D eigenvalue weighted by Gasteiger charge is -1.90. The van der Waals surface area contributed by atoms with E-state index in [0.717, 1.165) is 25.1 Å². The zero-order chi connectivity index (χ0) is 9.80. The fourth-order valence-electron chi connectivity index (χ4n) is 1.27. The molecule has 0 saturated heterocycles. The Kier molecular flexibility index (Phi) is 2.62. The number of nitrogens with one attached hydrogen (secondary N) is 1. The van der Waals surface area contributed by atoms with Crippen molar-refractivity contribution in [3.8, 4) is 11.6 Å². The highest BCUT2D eigenvalue weighted by atomic mass is 16.3. The van der Waals surface area contributed by atoms with Crippen LogP contribution in [0.1, 0.15) is 25.6 Å². The maximum atomic E-state index is 5.19. The van der Waals surface area contributed by atoms with Gasteiger partial charge in [0.2, 0.25) is 5.82 Å². The molecule has 2 rings (SSSR count). The van der Waals surface area contributed by atoms with Gasteiger partial charge in [0.05, 0.1) is 6.26 Å². The first-order chi connectivity index (χ1) is 6.90. The molecule has 0 bridgehead atoms. The number of furan rings is 1. The molecule has 2 aromatic heterocycles. The molecule has 74 valence electrons. The lowest BCUT2D eigenvalue weighted by molar-refractivity contribution is 0.577. The van der Waals surface area contributed by atoms with Crippen LogP contribution in [0, 0.1) is 0 Å². The summed E-state index contributed by atoms with van der Waals surface area (Å²) in [6, 6.07) is 3.68. The summed E-state index contributed by atoms with van der Waals surface area (Å²) in [5.74, 6) is 2.28. The van der Waals surface area contributed by atoms with Gasteiger partial charge < -0.3 is 4.42 Å². The number of unbranched alkanes of at least 4 members (excludes halogenated alkanes) is 1. The van der Waals surface area contributed by atoms with Gasteiger partial charge in [0.1, 0.15) is 5.82 Å². The van der Waals surface area contributed by atoms with Gasteiger partial charge in [-0.15, -0.1) is 0 Å². The van der Waals surface area contributed by atoms with Crippen LogP contribution in [0.3, 0.4) is 0 Å². The number of H-pyrrole nitrogens is 1. The van der Waals surface area contributed by atoms with Gasteiger partial charge in [-0.25, -0.2) is 4.98 Å². The highest BCUT2D eigenvalue weighted by Crippen LogP contribution is 2.14. The summed E-state index contributed by atoms with van der Waals surface area (Å²) in [7, 11) is 0. The second-order valence-corrected chi connectivity index (χ2v) is 3.19. The van der Waals surface area contributed by atoms with Crippen LogP contribution in [0.4, 0.5) is 0 Å². The standard InChI is InChI=1S/C10H13N3O/c1-2-3-6-9-11-10(13-12-9)8-5-4-7-14-8/h4-5,7H,2-3,6H2,1H3,(H,11,12,13). The van der Waals surface area contributed by atoms with Gasteiger partial charge in [-0.3, -0.25) is 5.10 Å². The summed E-state index contributed by atoms with van der Waals surface area (Å²) in [5, 5.41) is 6.99. The van der Waals surface area contributed by atoms with Crippen molar-refractivity contribution in [3.05, 3.63) is 24.2 Å². The summed E-state index contributed by atoms with van der Waals surface area (Å²) in [4.78, 5) is 4.33. The maximum absolute atomic E-state index is 5.19. The number of aryl methyl sites for hydroxylation is 1. The number of aromatic amines is 1. The predicted octanol–water partition coefficient (Wildman–Crippen LogP) is 2.41. The van der Waals surface area contributed by atoms with Crippen LogP contribution in [0.15, 0.2) is 22.8 Å². The fraction of sp³-hybridized carbons (Fsp3) is 0.400. The molecule has 0 aliphatic rings. The van der Waals surface area contributed by atoms with Gasteiger partial charge in [0.25, 0.3) is 0 Å². The average molecular weight is 191 g/mol. The van der Waals surface area contributed by atoms with Crippen LogP contribution in [0.5, 0.6) is 0 Å². The Morgan fingerprint density at radius 3 is 3.14 bits per heavy atom. The molecule has 1 N–H and O–H groups in total. The van der Waals surface area contributed by atoms with E-state index in [0.29, 0.717) is 11.6 Å². The molecule has 4 heteroatoms. The lowest BCUT2D eigenvalue weighted by Crippen LogP contribution is -1.86. The molecular weight excluding hydrogens is 178 g/mol. The lowest BCUT2D eigenvalue weighted by atomic mass is 10.2. The van der Waals surface area contributed by atoms with Crippen LogP contribution >= 0.6 is 0 Å². The first kappa shape index (κ1) is 8.99. The van der Waals surface area contributed by atoms with E-state index in [2.05, 4.69) is 22.1 Å². The molecule has 0 aliphatic carbocycles. The van der Waals surface area contributed by atoms with Gasteiger partial charge in [-0.05, 0) is 18.6 Å². The SMILES string of the molecule is CCCCc1nc(-c2ccco2)n[nH]1. The first-order valence-electron chi connectivity index (χ1n) is 4.85. The zero-order valence-corrected chi connectivity index (χ0v) is 8.16. The topological polar surface area (TPSA) is 54.7 Å². The third-order valence-corrected chi connectivity index (χ3v) is 2.04. The van der Waals surface area contributed by atoms with Crippen LogP contribution in [-0.4, -0.2) is 15.2 Å². The molecule has 14 heavy (non-hydrogen) atoms. The Balaban J connectivity index is 2.10. The number of hydrogen-bond acceptors (Lipinski definition) is 3. The fourth-order valence-corrected chi connectivity index (χ4v) is 1.27. The summed E-state index contributed by atoms with van der Waals surface area (Å²) < 4.78 is 5.19.